The van der Waals surface area contributed by atoms with E-state index in [1.165, 1.54) is 12.1 Å². The summed E-state index contributed by atoms with van der Waals surface area (Å²) in [6.07, 6.45) is -4.94. The molecule has 0 aliphatic heterocycles. The molecule has 1 heterocycles. The number of ether oxygens (including phenoxy) is 2. The predicted octanol–water partition coefficient (Wildman–Crippen LogP) is 5.22. The number of nitrogens with one attached hydrogen (secondary N) is 1. The number of alkyl carbamates (subject to hydrolysis) is 1. The van der Waals surface area contributed by atoms with Crippen LogP contribution in [0.25, 0.3) is 11.5 Å². The lowest BCUT2D eigenvalue weighted by Gasteiger charge is -2.09. The first-order valence-corrected chi connectivity index (χ1v) is 9.83. The minimum atomic E-state index is -4.46. The molecule has 2 aromatic carbocycles. The number of rotatable bonds is 8. The van der Waals surface area contributed by atoms with Crippen LogP contribution >= 0.6 is 0 Å². The summed E-state index contributed by atoms with van der Waals surface area (Å²) < 4.78 is 54.3. The average Bonchev–Trinajstić information content (AvgIpc) is 3.24. The third-order valence-electron chi connectivity index (χ3n) is 4.18. The molecule has 0 saturated carbocycles. The molecule has 1 N–H and O–H groups in total. The molecule has 0 radical (unpaired) electrons. The molecule has 0 atom stereocenters. The molecule has 1 aromatic heterocycles. The van der Waals surface area contributed by atoms with Crippen molar-refractivity contribution in [2.75, 3.05) is 6.61 Å². The van der Waals surface area contributed by atoms with Crippen molar-refractivity contribution >= 4 is 6.09 Å². The van der Waals surface area contributed by atoms with E-state index >= 15 is 0 Å². The Morgan fingerprint density at radius 1 is 1.16 bits per heavy atom. The number of aromatic nitrogens is 2. The van der Waals surface area contributed by atoms with Gasteiger partial charge in [-0.2, -0.15) is 18.2 Å². The van der Waals surface area contributed by atoms with E-state index in [4.69, 9.17) is 14.0 Å². The van der Waals surface area contributed by atoms with E-state index in [2.05, 4.69) is 15.5 Å². The summed E-state index contributed by atoms with van der Waals surface area (Å²) in [5.41, 5.74) is 0.223. The van der Waals surface area contributed by atoms with Crippen molar-refractivity contribution in [2.45, 2.75) is 33.2 Å². The molecule has 0 aliphatic rings. The molecule has 10 heteroatoms. The Morgan fingerprint density at radius 2 is 1.91 bits per heavy atom. The van der Waals surface area contributed by atoms with Crippen LogP contribution in [0.15, 0.2) is 53.1 Å². The second-order valence-electron chi connectivity index (χ2n) is 7.37. The number of benzene rings is 2. The van der Waals surface area contributed by atoms with Crippen LogP contribution in [0.2, 0.25) is 0 Å². The summed E-state index contributed by atoms with van der Waals surface area (Å²) in [6.45, 7) is 4.54. The van der Waals surface area contributed by atoms with Gasteiger partial charge in [0.25, 0.3) is 5.89 Å². The first-order valence-electron chi connectivity index (χ1n) is 9.83. The molecule has 0 spiro atoms. The van der Waals surface area contributed by atoms with Crippen LogP contribution in [-0.4, -0.2) is 22.8 Å². The highest BCUT2D eigenvalue weighted by molar-refractivity contribution is 5.67. The molecular formula is C22H22F3N3O4. The maximum atomic E-state index is 12.9. The number of amides is 1. The van der Waals surface area contributed by atoms with Gasteiger partial charge in [-0.05, 0) is 41.8 Å². The van der Waals surface area contributed by atoms with Crippen molar-refractivity contribution in [1.82, 2.24) is 15.5 Å². The van der Waals surface area contributed by atoms with Gasteiger partial charge in [-0.25, -0.2) is 4.79 Å². The predicted molar refractivity (Wildman–Crippen MR) is 109 cm³/mol. The third kappa shape index (κ3) is 6.73. The first-order chi connectivity index (χ1) is 15.2. The second-order valence-corrected chi connectivity index (χ2v) is 7.37. The Morgan fingerprint density at radius 3 is 2.59 bits per heavy atom. The van der Waals surface area contributed by atoms with Crippen molar-refractivity contribution in [3.8, 4) is 17.2 Å². The molecule has 32 heavy (non-hydrogen) atoms. The van der Waals surface area contributed by atoms with E-state index in [-0.39, 0.29) is 29.8 Å². The van der Waals surface area contributed by atoms with Gasteiger partial charge in [0, 0.05) is 12.1 Å². The largest absolute Gasteiger partial charge is 0.485 e. The molecule has 0 unspecified atom stereocenters. The highest BCUT2D eigenvalue weighted by atomic mass is 19.4. The summed E-state index contributed by atoms with van der Waals surface area (Å²) in [4.78, 5) is 15.7. The quantitative estimate of drug-likeness (QED) is 0.508. The minimum absolute atomic E-state index is 0.0262. The van der Waals surface area contributed by atoms with Gasteiger partial charge in [-0.1, -0.05) is 37.2 Å². The van der Waals surface area contributed by atoms with Crippen LogP contribution in [0.1, 0.15) is 30.8 Å². The highest BCUT2D eigenvalue weighted by Gasteiger charge is 2.30. The van der Waals surface area contributed by atoms with Crippen LogP contribution in [-0.2, 0) is 24.1 Å². The lowest BCUT2D eigenvalue weighted by Crippen LogP contribution is -2.25. The molecule has 1 amide bonds. The third-order valence-corrected chi connectivity index (χ3v) is 4.18. The minimum Gasteiger partial charge on any atom is -0.485 e. The molecule has 0 bridgehead atoms. The zero-order valence-electron chi connectivity index (χ0n) is 17.5. The lowest BCUT2D eigenvalue weighted by molar-refractivity contribution is -0.137. The van der Waals surface area contributed by atoms with Gasteiger partial charge in [0.05, 0.1) is 12.2 Å². The standard InChI is InChI=1S/C22H22F3N3O4/c1-14(2)12-31-21(29)26-11-15-6-8-18(9-7-15)30-13-19-27-20(32-28-19)16-4-3-5-17(10-16)22(23,24)25/h3-10,14H,11-13H2,1-2H3,(H,26,29). The van der Waals surface area contributed by atoms with Crippen molar-refractivity contribution in [3.05, 3.63) is 65.5 Å². The van der Waals surface area contributed by atoms with Gasteiger partial charge < -0.3 is 19.3 Å². The Hall–Kier alpha value is -3.56. The van der Waals surface area contributed by atoms with E-state index in [0.717, 1.165) is 17.7 Å². The molecule has 3 rings (SSSR count). The summed E-state index contributed by atoms with van der Waals surface area (Å²) in [6, 6.07) is 11.6. The smallest absolute Gasteiger partial charge is 0.416 e. The lowest BCUT2D eigenvalue weighted by atomic mass is 10.1. The van der Waals surface area contributed by atoms with E-state index in [9.17, 15) is 18.0 Å². The van der Waals surface area contributed by atoms with Gasteiger partial charge in [-0.3, -0.25) is 0 Å². The Bertz CT molecular complexity index is 1030. The molecule has 0 fully saturated rings. The maximum Gasteiger partial charge on any atom is 0.416 e. The summed E-state index contributed by atoms with van der Waals surface area (Å²) in [5, 5.41) is 6.40. The van der Waals surface area contributed by atoms with E-state index < -0.39 is 17.8 Å². The van der Waals surface area contributed by atoms with Gasteiger partial charge in [-0.15, -0.1) is 0 Å². The fourth-order valence-corrected chi connectivity index (χ4v) is 2.58. The SMILES string of the molecule is CC(C)COC(=O)NCc1ccc(OCc2noc(-c3cccc(C(F)(F)F)c3)n2)cc1. The number of hydrogen-bond acceptors (Lipinski definition) is 6. The van der Waals surface area contributed by atoms with Gasteiger partial charge in [0.1, 0.15) is 5.75 Å². The Labute approximate surface area is 182 Å². The zero-order valence-corrected chi connectivity index (χ0v) is 17.5. The monoisotopic (exact) mass is 449 g/mol. The first kappa shape index (κ1) is 23.1. The fraction of sp³-hybridized carbons (Fsp3) is 0.318. The molecule has 0 saturated heterocycles. The summed E-state index contributed by atoms with van der Waals surface area (Å²) >= 11 is 0. The molecule has 7 nitrogen and oxygen atoms in total. The van der Waals surface area contributed by atoms with E-state index in [0.29, 0.717) is 18.9 Å². The average molecular weight is 449 g/mol. The zero-order chi connectivity index (χ0) is 23.1. The second kappa shape index (κ2) is 10.2. The van der Waals surface area contributed by atoms with Crippen LogP contribution < -0.4 is 10.1 Å². The number of nitrogens with zero attached hydrogens (tertiary/aromatic N) is 2. The Kier molecular flexibility index (Phi) is 7.34. The van der Waals surface area contributed by atoms with Crippen LogP contribution in [0.5, 0.6) is 5.75 Å². The van der Waals surface area contributed by atoms with Crippen molar-refractivity contribution in [1.29, 1.82) is 0 Å². The molecule has 170 valence electrons. The van der Waals surface area contributed by atoms with Crippen molar-refractivity contribution in [2.24, 2.45) is 5.92 Å². The van der Waals surface area contributed by atoms with Crippen LogP contribution in [0, 0.1) is 5.92 Å². The number of carbonyl (C=O) groups excluding carboxylic acids is 1. The van der Waals surface area contributed by atoms with Gasteiger partial charge in [0.15, 0.2) is 6.61 Å². The van der Waals surface area contributed by atoms with Crippen molar-refractivity contribution in [3.63, 3.8) is 0 Å². The Balaban J connectivity index is 1.51. The van der Waals surface area contributed by atoms with Gasteiger partial charge >= 0.3 is 12.3 Å². The summed E-state index contributed by atoms with van der Waals surface area (Å²) in [7, 11) is 0. The molecule has 3 aromatic rings. The highest BCUT2D eigenvalue weighted by Crippen LogP contribution is 2.31. The number of alkyl halides is 3. The number of halogens is 3. The van der Waals surface area contributed by atoms with Crippen LogP contribution in [0.4, 0.5) is 18.0 Å². The number of carbonyl (C=O) groups is 1. The maximum absolute atomic E-state index is 12.9. The molecular weight excluding hydrogens is 427 g/mol. The van der Waals surface area contributed by atoms with Crippen LogP contribution in [0.3, 0.4) is 0 Å². The summed E-state index contributed by atoms with van der Waals surface area (Å²) in [5.74, 6) is 0.954. The van der Waals surface area contributed by atoms with E-state index in [1.807, 2.05) is 13.8 Å². The van der Waals surface area contributed by atoms with Gasteiger partial charge in [0.2, 0.25) is 5.82 Å². The molecule has 0 aliphatic carbocycles. The topological polar surface area (TPSA) is 86.5 Å². The normalized spacial score (nSPS) is 11.4. The fourth-order valence-electron chi connectivity index (χ4n) is 2.58. The number of hydrogen-bond donors (Lipinski definition) is 1. The van der Waals surface area contributed by atoms with Crippen molar-refractivity contribution < 1.29 is 32.0 Å². The van der Waals surface area contributed by atoms with E-state index in [1.54, 1.807) is 24.3 Å².